The number of nitrogens with zero attached hydrogens (tertiary/aromatic N) is 3. The fourth-order valence-electron chi connectivity index (χ4n) is 2.00. The van der Waals surface area contributed by atoms with E-state index < -0.39 is 0 Å². The first-order chi connectivity index (χ1) is 9.33. The molecule has 0 unspecified atom stereocenters. The fourth-order valence-corrected chi connectivity index (χ4v) is 2.00. The molecular weight excluding hydrogens is 238 g/mol. The van der Waals surface area contributed by atoms with Crippen LogP contribution in [0.4, 0.5) is 5.82 Å². The van der Waals surface area contributed by atoms with E-state index in [0.717, 1.165) is 17.5 Å². The molecule has 3 rings (SSSR count). The number of allylic oxidation sites excluding steroid dienone is 8. The van der Waals surface area contributed by atoms with Crippen LogP contribution in [0, 0.1) is 0 Å². The number of hydrogen-bond donors (Lipinski definition) is 2. The van der Waals surface area contributed by atoms with Gasteiger partial charge in [-0.25, -0.2) is 4.98 Å². The van der Waals surface area contributed by atoms with Gasteiger partial charge in [-0.05, 0) is 23.6 Å². The van der Waals surface area contributed by atoms with Crippen LogP contribution in [0.5, 0.6) is 0 Å². The monoisotopic (exact) mass is 251 g/mol. The van der Waals surface area contributed by atoms with Crippen molar-refractivity contribution in [2.75, 3.05) is 5.73 Å². The van der Waals surface area contributed by atoms with Gasteiger partial charge in [-0.15, -0.1) is 5.10 Å². The maximum Gasteiger partial charge on any atom is 0.203 e. The maximum atomic E-state index is 5.79. The molecule has 1 aliphatic rings. The molecule has 0 radical (unpaired) electrons. The molecule has 94 valence electrons. The highest BCUT2D eigenvalue weighted by Crippen LogP contribution is 2.19. The van der Waals surface area contributed by atoms with E-state index in [2.05, 4.69) is 32.5 Å². The maximum absolute atomic E-state index is 5.79. The second-order valence-corrected chi connectivity index (χ2v) is 4.25. The van der Waals surface area contributed by atoms with Gasteiger partial charge in [-0.2, -0.15) is 10.3 Å². The number of rotatable bonds is 2. The van der Waals surface area contributed by atoms with Gasteiger partial charge in [0.15, 0.2) is 0 Å². The molecule has 0 spiro atoms. The van der Waals surface area contributed by atoms with Crippen molar-refractivity contribution >= 4 is 17.0 Å². The van der Waals surface area contributed by atoms with Crippen molar-refractivity contribution in [3.05, 3.63) is 59.7 Å². The van der Waals surface area contributed by atoms with Crippen LogP contribution in [0.25, 0.3) is 11.2 Å². The number of nitrogens with one attached hydrogen (secondary N) is 1. The number of fused-ring (bicyclic) bond motifs is 1. The third-order valence-electron chi connectivity index (χ3n) is 2.85. The van der Waals surface area contributed by atoms with Crippen molar-refractivity contribution in [2.24, 2.45) is 0 Å². The molecule has 1 aliphatic carbocycles. The Morgan fingerprint density at radius 3 is 2.84 bits per heavy atom. The van der Waals surface area contributed by atoms with Gasteiger partial charge in [0, 0.05) is 0 Å². The molecule has 0 amide bonds. The Hall–Kier alpha value is -2.69. The van der Waals surface area contributed by atoms with Crippen LogP contribution < -0.4 is 5.73 Å². The molecule has 0 saturated heterocycles. The molecule has 0 bridgehead atoms. The molecule has 0 aromatic carbocycles. The van der Waals surface area contributed by atoms with Crippen LogP contribution in [0.1, 0.15) is 5.56 Å². The van der Waals surface area contributed by atoms with Crippen LogP contribution >= 0.6 is 0 Å². The number of H-pyrrole nitrogens is 1. The summed E-state index contributed by atoms with van der Waals surface area (Å²) in [6.07, 6.45) is 14.9. The Morgan fingerprint density at radius 2 is 1.89 bits per heavy atom. The number of hydrogen-bond acceptors (Lipinski definition) is 4. The summed E-state index contributed by atoms with van der Waals surface area (Å²) in [5.41, 5.74) is 9.31. The van der Waals surface area contributed by atoms with Gasteiger partial charge in [-0.3, -0.25) is 0 Å². The molecule has 3 N–H and O–H groups in total. The highest BCUT2D eigenvalue weighted by Gasteiger charge is 2.09. The summed E-state index contributed by atoms with van der Waals surface area (Å²) in [7, 11) is 0. The topological polar surface area (TPSA) is 80.5 Å². The highest BCUT2D eigenvalue weighted by atomic mass is 15.3. The molecular formula is C14H13N5. The lowest BCUT2D eigenvalue weighted by molar-refractivity contribution is 0.953. The smallest absolute Gasteiger partial charge is 0.203 e. The summed E-state index contributed by atoms with van der Waals surface area (Å²) >= 11 is 0. The van der Waals surface area contributed by atoms with E-state index in [1.54, 1.807) is 0 Å². The Balaban J connectivity index is 1.99. The summed E-state index contributed by atoms with van der Waals surface area (Å²) in [4.78, 5) is 4.13. The zero-order valence-corrected chi connectivity index (χ0v) is 10.2. The second kappa shape index (κ2) is 4.89. The number of anilines is 1. The highest BCUT2D eigenvalue weighted by molar-refractivity contribution is 5.76. The first kappa shape index (κ1) is 11.4. The first-order valence-corrected chi connectivity index (χ1v) is 5.99. The minimum absolute atomic E-state index is 0.460. The summed E-state index contributed by atoms with van der Waals surface area (Å²) in [5, 5.41) is 10.7. The molecule has 0 aliphatic heterocycles. The zero-order valence-electron chi connectivity index (χ0n) is 10.2. The molecule has 0 atom stereocenters. The predicted molar refractivity (Wildman–Crippen MR) is 75.3 cm³/mol. The summed E-state index contributed by atoms with van der Waals surface area (Å²) in [6, 6.07) is 1.85. The van der Waals surface area contributed by atoms with Gasteiger partial charge in [0.2, 0.25) is 5.65 Å². The largest absolute Gasteiger partial charge is 0.384 e. The number of aromatic nitrogens is 4. The predicted octanol–water partition coefficient (Wildman–Crippen LogP) is 2.09. The molecule has 2 heterocycles. The van der Waals surface area contributed by atoms with Crippen molar-refractivity contribution in [1.29, 1.82) is 0 Å². The lowest BCUT2D eigenvalue weighted by Gasteiger charge is -2.04. The Kier molecular flexibility index (Phi) is 2.94. The number of nitrogen functional groups attached to an aromatic ring is 1. The lowest BCUT2D eigenvalue weighted by atomic mass is 10.0. The molecule has 0 saturated carbocycles. The molecule has 2 aromatic rings. The van der Waals surface area contributed by atoms with E-state index >= 15 is 0 Å². The molecule has 5 heteroatoms. The van der Waals surface area contributed by atoms with Crippen molar-refractivity contribution in [2.45, 2.75) is 6.42 Å². The van der Waals surface area contributed by atoms with Gasteiger partial charge < -0.3 is 5.73 Å². The zero-order chi connectivity index (χ0) is 13.1. The normalized spacial score (nSPS) is 14.4. The molecule has 19 heavy (non-hydrogen) atoms. The Bertz CT molecular complexity index is 719. The van der Waals surface area contributed by atoms with Crippen LogP contribution in [0.2, 0.25) is 0 Å². The van der Waals surface area contributed by atoms with Crippen LogP contribution in [-0.2, 0) is 6.42 Å². The van der Waals surface area contributed by atoms with Crippen molar-refractivity contribution in [1.82, 2.24) is 20.4 Å². The molecule has 5 nitrogen and oxygen atoms in total. The van der Waals surface area contributed by atoms with Gasteiger partial charge in [0.25, 0.3) is 0 Å². The third-order valence-corrected chi connectivity index (χ3v) is 2.85. The Morgan fingerprint density at radius 1 is 1.05 bits per heavy atom. The summed E-state index contributed by atoms with van der Waals surface area (Å²) in [5.74, 6) is 0.460. The third kappa shape index (κ3) is 2.44. The average molecular weight is 251 g/mol. The minimum atomic E-state index is 0.460. The summed E-state index contributed by atoms with van der Waals surface area (Å²) in [6.45, 7) is 0. The standard InChI is InChI=1S/C14H13N5/c15-12-9-11(13-14(16-12)18-19-17-13)8-10-6-4-2-1-3-5-7-10/h1-7,9H,8H2,(H3,15,16,17,18,19). The lowest BCUT2D eigenvalue weighted by Crippen LogP contribution is -1.96. The summed E-state index contributed by atoms with van der Waals surface area (Å²) < 4.78 is 0. The SMILES string of the molecule is Nc1cc(CC2=CC=CC=CC=C2)c2n[nH]nc2n1. The van der Waals surface area contributed by atoms with Crippen LogP contribution in [-0.4, -0.2) is 20.4 Å². The fraction of sp³-hybridized carbons (Fsp3) is 0.0714. The van der Waals surface area contributed by atoms with Gasteiger partial charge >= 0.3 is 0 Å². The number of aromatic amines is 1. The van der Waals surface area contributed by atoms with E-state index in [0.29, 0.717) is 11.5 Å². The quantitative estimate of drug-likeness (QED) is 0.856. The van der Waals surface area contributed by atoms with Gasteiger partial charge in [0.1, 0.15) is 11.3 Å². The van der Waals surface area contributed by atoms with Gasteiger partial charge in [-0.1, -0.05) is 42.5 Å². The van der Waals surface area contributed by atoms with Crippen molar-refractivity contribution < 1.29 is 0 Å². The average Bonchev–Trinajstić information content (AvgIpc) is 2.80. The molecule has 0 fully saturated rings. The van der Waals surface area contributed by atoms with E-state index in [1.165, 1.54) is 5.57 Å². The minimum Gasteiger partial charge on any atom is -0.384 e. The van der Waals surface area contributed by atoms with Crippen molar-refractivity contribution in [3.63, 3.8) is 0 Å². The van der Waals surface area contributed by atoms with Crippen molar-refractivity contribution in [3.8, 4) is 0 Å². The van der Waals surface area contributed by atoms with Gasteiger partial charge in [0.05, 0.1) is 0 Å². The van der Waals surface area contributed by atoms with E-state index in [-0.39, 0.29) is 0 Å². The number of nitrogens with two attached hydrogens (primary N) is 1. The van der Waals surface area contributed by atoms with Crippen LogP contribution in [0.15, 0.2) is 54.2 Å². The first-order valence-electron chi connectivity index (χ1n) is 5.99. The van der Waals surface area contributed by atoms with E-state index in [4.69, 9.17) is 5.73 Å². The van der Waals surface area contributed by atoms with E-state index in [9.17, 15) is 0 Å². The van der Waals surface area contributed by atoms with E-state index in [1.807, 2.05) is 36.4 Å². The second-order valence-electron chi connectivity index (χ2n) is 4.25. The Labute approximate surface area is 110 Å². The van der Waals surface area contributed by atoms with Crippen LogP contribution in [0.3, 0.4) is 0 Å². The molecule has 2 aromatic heterocycles. The number of pyridine rings is 1.